The Hall–Kier alpha value is -1.81. The van der Waals surface area contributed by atoms with Crippen LogP contribution in [0.3, 0.4) is 0 Å². The highest BCUT2D eigenvalue weighted by Crippen LogP contribution is 2.14. The smallest absolute Gasteiger partial charge is 0.191 e. The lowest BCUT2D eigenvalue weighted by Crippen LogP contribution is -2.38. The molecule has 0 fully saturated rings. The molecule has 0 atom stereocenters. The number of nitrogens with one attached hydrogen (secondary N) is 2. The first-order valence-electron chi connectivity index (χ1n) is 9.91. The van der Waals surface area contributed by atoms with Crippen LogP contribution in [-0.2, 0) is 11.3 Å². The van der Waals surface area contributed by atoms with Crippen molar-refractivity contribution in [2.45, 2.75) is 33.7 Å². The fourth-order valence-electron chi connectivity index (χ4n) is 2.53. The molecule has 162 valence electrons. The third-order valence-corrected chi connectivity index (χ3v) is 3.93. The first-order chi connectivity index (χ1) is 13.6. The summed E-state index contributed by atoms with van der Waals surface area (Å²) in [6.07, 6.45) is 2.89. The predicted molar refractivity (Wildman–Crippen MR) is 129 cm³/mol. The highest BCUT2D eigenvalue weighted by Gasteiger charge is 2.03. The number of hydrogen-bond acceptors (Lipinski definition) is 4. The third kappa shape index (κ3) is 9.49. The van der Waals surface area contributed by atoms with Crippen LogP contribution < -0.4 is 15.4 Å². The molecule has 2 aromatic rings. The number of hydrogen-bond donors (Lipinski definition) is 2. The van der Waals surface area contributed by atoms with E-state index in [-0.39, 0.29) is 24.0 Å². The van der Waals surface area contributed by atoms with Crippen molar-refractivity contribution in [3.05, 3.63) is 42.2 Å². The van der Waals surface area contributed by atoms with E-state index in [2.05, 4.69) is 41.5 Å². The van der Waals surface area contributed by atoms with E-state index in [1.54, 1.807) is 7.11 Å². The SMILES string of the molecule is CCNC(=NCc1ccn(-c2ccc(OC)cc2)n1)NCCCOCC(C)C.I. The van der Waals surface area contributed by atoms with Crippen LogP contribution >= 0.6 is 24.0 Å². The molecule has 0 saturated heterocycles. The Morgan fingerprint density at radius 3 is 2.59 bits per heavy atom. The molecule has 0 aliphatic heterocycles. The van der Waals surface area contributed by atoms with Crippen molar-refractivity contribution in [1.82, 2.24) is 20.4 Å². The summed E-state index contributed by atoms with van der Waals surface area (Å²) in [5, 5.41) is 11.2. The van der Waals surface area contributed by atoms with Crippen molar-refractivity contribution in [2.75, 3.05) is 33.4 Å². The molecule has 0 amide bonds. The van der Waals surface area contributed by atoms with E-state index in [1.165, 1.54) is 0 Å². The average molecular weight is 515 g/mol. The molecule has 0 spiro atoms. The molecule has 0 unspecified atom stereocenters. The van der Waals surface area contributed by atoms with Crippen LogP contribution in [0.1, 0.15) is 32.9 Å². The number of benzene rings is 1. The molecular formula is C21H34IN5O2. The molecule has 2 N–H and O–H groups in total. The Bertz CT molecular complexity index is 716. The summed E-state index contributed by atoms with van der Waals surface area (Å²) in [6, 6.07) is 9.79. The molecular weight excluding hydrogens is 481 g/mol. The molecule has 1 aromatic heterocycles. The van der Waals surface area contributed by atoms with Gasteiger partial charge < -0.3 is 20.1 Å². The molecule has 0 aliphatic rings. The van der Waals surface area contributed by atoms with Gasteiger partial charge in [-0.05, 0) is 49.6 Å². The topological polar surface area (TPSA) is 72.7 Å². The number of nitrogens with zero attached hydrogens (tertiary/aromatic N) is 3. The molecule has 7 nitrogen and oxygen atoms in total. The lowest BCUT2D eigenvalue weighted by Gasteiger charge is -2.11. The number of aromatic nitrogens is 2. The van der Waals surface area contributed by atoms with Crippen LogP contribution in [0, 0.1) is 5.92 Å². The van der Waals surface area contributed by atoms with Crippen LogP contribution in [0.4, 0.5) is 0 Å². The van der Waals surface area contributed by atoms with E-state index in [0.717, 1.165) is 55.8 Å². The van der Waals surface area contributed by atoms with Crippen molar-refractivity contribution >= 4 is 29.9 Å². The van der Waals surface area contributed by atoms with E-state index >= 15 is 0 Å². The number of rotatable bonds is 11. The maximum atomic E-state index is 5.60. The Morgan fingerprint density at radius 1 is 1.17 bits per heavy atom. The van der Waals surface area contributed by atoms with Crippen LogP contribution in [-0.4, -0.2) is 49.2 Å². The molecule has 2 rings (SSSR count). The van der Waals surface area contributed by atoms with E-state index < -0.39 is 0 Å². The highest BCUT2D eigenvalue weighted by atomic mass is 127. The molecule has 8 heteroatoms. The number of halogens is 1. The van der Waals surface area contributed by atoms with Gasteiger partial charge in [0, 0.05) is 32.5 Å². The molecule has 0 bridgehead atoms. The Kier molecular flexibility index (Phi) is 12.4. The number of methoxy groups -OCH3 is 1. The summed E-state index contributed by atoms with van der Waals surface area (Å²) in [5.41, 5.74) is 1.90. The zero-order valence-corrected chi connectivity index (χ0v) is 20.2. The summed E-state index contributed by atoms with van der Waals surface area (Å²) in [5.74, 6) is 2.20. The van der Waals surface area contributed by atoms with Crippen LogP contribution in [0.5, 0.6) is 5.75 Å². The fourth-order valence-corrected chi connectivity index (χ4v) is 2.53. The zero-order chi connectivity index (χ0) is 20.2. The van der Waals surface area contributed by atoms with Gasteiger partial charge in [0.1, 0.15) is 5.75 Å². The maximum Gasteiger partial charge on any atom is 0.191 e. The van der Waals surface area contributed by atoms with Gasteiger partial charge in [0.2, 0.25) is 0 Å². The van der Waals surface area contributed by atoms with Gasteiger partial charge in [-0.1, -0.05) is 13.8 Å². The van der Waals surface area contributed by atoms with E-state index in [0.29, 0.717) is 12.5 Å². The molecule has 0 aliphatic carbocycles. The van der Waals surface area contributed by atoms with Gasteiger partial charge in [0.05, 0.1) is 25.0 Å². The maximum absolute atomic E-state index is 5.60. The van der Waals surface area contributed by atoms with Gasteiger partial charge in [-0.25, -0.2) is 9.67 Å². The number of guanidine groups is 1. The molecule has 1 heterocycles. The third-order valence-electron chi connectivity index (χ3n) is 3.93. The molecule has 1 aromatic carbocycles. The molecule has 29 heavy (non-hydrogen) atoms. The second-order valence-corrected chi connectivity index (χ2v) is 6.89. The minimum absolute atomic E-state index is 0. The lowest BCUT2D eigenvalue weighted by atomic mass is 10.2. The van der Waals surface area contributed by atoms with E-state index in [1.807, 2.05) is 41.2 Å². The van der Waals surface area contributed by atoms with Gasteiger partial charge >= 0.3 is 0 Å². The van der Waals surface area contributed by atoms with Crippen LogP contribution in [0.2, 0.25) is 0 Å². The zero-order valence-electron chi connectivity index (χ0n) is 17.9. The van der Waals surface area contributed by atoms with Crippen molar-refractivity contribution < 1.29 is 9.47 Å². The highest BCUT2D eigenvalue weighted by molar-refractivity contribution is 14.0. The molecule has 0 radical (unpaired) electrons. The second-order valence-electron chi connectivity index (χ2n) is 6.89. The normalized spacial score (nSPS) is 11.3. The summed E-state index contributed by atoms with van der Waals surface area (Å²) in [7, 11) is 1.66. The summed E-state index contributed by atoms with van der Waals surface area (Å²) < 4.78 is 12.6. The first-order valence-corrected chi connectivity index (χ1v) is 9.91. The lowest BCUT2D eigenvalue weighted by molar-refractivity contribution is 0.108. The predicted octanol–water partition coefficient (Wildman–Crippen LogP) is 3.62. The average Bonchev–Trinajstić information content (AvgIpc) is 3.17. The van der Waals surface area contributed by atoms with Gasteiger partial charge in [-0.15, -0.1) is 24.0 Å². The van der Waals surface area contributed by atoms with Crippen molar-refractivity contribution in [1.29, 1.82) is 0 Å². The summed E-state index contributed by atoms with van der Waals surface area (Å²) >= 11 is 0. The minimum Gasteiger partial charge on any atom is -0.497 e. The van der Waals surface area contributed by atoms with Gasteiger partial charge in [-0.3, -0.25) is 0 Å². The van der Waals surface area contributed by atoms with E-state index in [4.69, 9.17) is 9.47 Å². The van der Waals surface area contributed by atoms with Crippen LogP contribution in [0.15, 0.2) is 41.5 Å². The first kappa shape index (κ1) is 25.2. The minimum atomic E-state index is 0. The summed E-state index contributed by atoms with van der Waals surface area (Å²) in [4.78, 5) is 4.62. The van der Waals surface area contributed by atoms with Crippen molar-refractivity contribution in [3.63, 3.8) is 0 Å². The van der Waals surface area contributed by atoms with Crippen molar-refractivity contribution in [3.8, 4) is 11.4 Å². The Labute approximate surface area is 191 Å². The number of aliphatic imine (C=N–C) groups is 1. The Morgan fingerprint density at radius 2 is 1.93 bits per heavy atom. The fraction of sp³-hybridized carbons (Fsp3) is 0.524. The van der Waals surface area contributed by atoms with Crippen molar-refractivity contribution in [2.24, 2.45) is 10.9 Å². The quantitative estimate of drug-likeness (QED) is 0.207. The Balaban J connectivity index is 0.00000420. The molecule has 0 saturated carbocycles. The van der Waals surface area contributed by atoms with Gasteiger partial charge in [-0.2, -0.15) is 5.10 Å². The largest absolute Gasteiger partial charge is 0.497 e. The second kappa shape index (κ2) is 14.2. The number of ether oxygens (including phenoxy) is 2. The van der Waals surface area contributed by atoms with Gasteiger partial charge in [0.25, 0.3) is 0 Å². The van der Waals surface area contributed by atoms with E-state index in [9.17, 15) is 0 Å². The summed E-state index contributed by atoms with van der Waals surface area (Å²) in [6.45, 7) is 10.1. The van der Waals surface area contributed by atoms with Crippen LogP contribution in [0.25, 0.3) is 5.69 Å². The monoisotopic (exact) mass is 515 g/mol. The standard InChI is InChI=1S/C21H33N5O2.HI/c1-5-22-21(23-12-6-14-28-16-17(2)3)24-15-18-11-13-26(25-18)19-7-9-20(27-4)10-8-19;/h7-11,13,17H,5-6,12,14-16H2,1-4H3,(H2,22,23,24);1H. The van der Waals surface area contributed by atoms with Gasteiger partial charge in [0.15, 0.2) is 5.96 Å².